The first kappa shape index (κ1) is 15.2. The number of aromatic nitrogens is 2. The van der Waals surface area contributed by atoms with Crippen molar-refractivity contribution in [1.82, 2.24) is 15.1 Å². The van der Waals surface area contributed by atoms with Gasteiger partial charge in [0.2, 0.25) is 0 Å². The molecule has 1 amide bonds. The third-order valence-electron chi connectivity index (χ3n) is 3.32. The number of rotatable bonds is 4. The lowest BCUT2D eigenvalue weighted by Crippen LogP contribution is -2.32. The third-order valence-corrected chi connectivity index (χ3v) is 3.32. The van der Waals surface area contributed by atoms with Gasteiger partial charge in [-0.05, 0) is 37.6 Å². The number of nitrogens with zero attached hydrogens (tertiary/aromatic N) is 2. The largest absolute Gasteiger partial charge is 0.348 e. The highest BCUT2D eigenvalue weighted by Gasteiger charge is 2.16. The molecule has 2 rings (SSSR count). The molecule has 21 heavy (non-hydrogen) atoms. The molecule has 0 aliphatic carbocycles. The van der Waals surface area contributed by atoms with Gasteiger partial charge in [-0.2, -0.15) is 5.10 Å². The van der Waals surface area contributed by atoms with Crippen molar-refractivity contribution in [2.24, 2.45) is 7.05 Å². The number of halogens is 2. The van der Waals surface area contributed by atoms with Crippen molar-refractivity contribution in [2.75, 3.05) is 0 Å². The first-order valence-electron chi connectivity index (χ1n) is 6.72. The number of carbonyl (C=O) groups is 1. The van der Waals surface area contributed by atoms with E-state index in [1.54, 1.807) is 13.1 Å². The molecule has 112 valence electrons. The predicted molar refractivity (Wildman–Crippen MR) is 75.8 cm³/mol. The summed E-state index contributed by atoms with van der Waals surface area (Å²) in [6.07, 6.45) is 0.814. The summed E-state index contributed by atoms with van der Waals surface area (Å²) < 4.78 is 27.7. The Hall–Kier alpha value is -2.24. The van der Waals surface area contributed by atoms with Crippen molar-refractivity contribution in [1.29, 1.82) is 0 Å². The second-order valence-corrected chi connectivity index (χ2v) is 4.95. The van der Waals surface area contributed by atoms with E-state index in [1.165, 1.54) is 10.7 Å². The Labute approximate surface area is 121 Å². The highest BCUT2D eigenvalue weighted by molar-refractivity contribution is 5.93. The fourth-order valence-electron chi connectivity index (χ4n) is 1.90. The van der Waals surface area contributed by atoms with E-state index in [0.29, 0.717) is 11.3 Å². The molecule has 1 aromatic heterocycles. The van der Waals surface area contributed by atoms with Crippen LogP contribution in [0, 0.1) is 11.6 Å². The molecule has 0 saturated heterocycles. The highest BCUT2D eigenvalue weighted by atomic mass is 19.2. The Kier molecular flexibility index (Phi) is 4.35. The zero-order chi connectivity index (χ0) is 15.6. The van der Waals surface area contributed by atoms with Crippen molar-refractivity contribution in [3.63, 3.8) is 0 Å². The number of benzene rings is 1. The molecule has 2 aromatic rings. The van der Waals surface area contributed by atoms with E-state index in [9.17, 15) is 13.6 Å². The third kappa shape index (κ3) is 3.26. The molecule has 1 atom stereocenters. The van der Waals surface area contributed by atoms with Crippen LogP contribution in [0.1, 0.15) is 30.8 Å². The van der Waals surface area contributed by atoms with Gasteiger partial charge in [0.05, 0.1) is 5.69 Å². The number of carbonyl (C=O) groups excluding carboxylic acids is 1. The van der Waals surface area contributed by atoms with Crippen molar-refractivity contribution < 1.29 is 13.6 Å². The first-order chi connectivity index (χ1) is 9.92. The van der Waals surface area contributed by atoms with Crippen LogP contribution in [0.2, 0.25) is 0 Å². The lowest BCUT2D eigenvalue weighted by atomic mass is 10.1. The molecule has 0 fully saturated rings. The van der Waals surface area contributed by atoms with Gasteiger partial charge in [0, 0.05) is 18.7 Å². The average molecular weight is 293 g/mol. The summed E-state index contributed by atoms with van der Waals surface area (Å²) >= 11 is 0. The number of amides is 1. The van der Waals surface area contributed by atoms with E-state index >= 15 is 0 Å². The number of hydrogen-bond acceptors (Lipinski definition) is 2. The molecule has 0 bridgehead atoms. The van der Waals surface area contributed by atoms with Crippen molar-refractivity contribution in [3.8, 4) is 11.3 Å². The van der Waals surface area contributed by atoms with E-state index < -0.39 is 11.6 Å². The molecule has 4 nitrogen and oxygen atoms in total. The van der Waals surface area contributed by atoms with Crippen LogP contribution >= 0.6 is 0 Å². The molecule has 6 heteroatoms. The lowest BCUT2D eigenvalue weighted by molar-refractivity contribution is 0.0933. The summed E-state index contributed by atoms with van der Waals surface area (Å²) in [6, 6.07) is 5.20. The van der Waals surface area contributed by atoms with E-state index in [-0.39, 0.29) is 17.6 Å². The van der Waals surface area contributed by atoms with Crippen LogP contribution in [0.4, 0.5) is 8.78 Å². The van der Waals surface area contributed by atoms with Gasteiger partial charge in [0.15, 0.2) is 17.3 Å². The highest BCUT2D eigenvalue weighted by Crippen LogP contribution is 2.22. The molecule has 0 spiro atoms. The van der Waals surface area contributed by atoms with Crippen LogP contribution in [-0.2, 0) is 7.05 Å². The summed E-state index contributed by atoms with van der Waals surface area (Å²) in [5.74, 6) is -2.12. The predicted octanol–water partition coefficient (Wildman–Crippen LogP) is 2.89. The van der Waals surface area contributed by atoms with Crippen LogP contribution in [-0.4, -0.2) is 21.7 Å². The Balaban J connectivity index is 2.30. The second-order valence-electron chi connectivity index (χ2n) is 4.95. The molecule has 1 heterocycles. The standard InChI is InChI=1S/C15H17F2N3O/c1-4-9(2)18-15(21)13-8-14(20(3)19-13)10-5-6-11(16)12(17)7-10/h5-9H,4H2,1-3H3,(H,18,21)/t9-/m0/s1. The van der Waals surface area contributed by atoms with Crippen LogP contribution in [0.15, 0.2) is 24.3 Å². The summed E-state index contributed by atoms with van der Waals surface area (Å²) in [7, 11) is 1.65. The molecule has 0 saturated carbocycles. The van der Waals surface area contributed by atoms with Crippen LogP contribution in [0.3, 0.4) is 0 Å². The lowest BCUT2D eigenvalue weighted by Gasteiger charge is -2.09. The zero-order valence-electron chi connectivity index (χ0n) is 12.2. The number of hydrogen-bond donors (Lipinski definition) is 1. The number of aryl methyl sites for hydroxylation is 1. The Morgan fingerprint density at radius 3 is 2.67 bits per heavy atom. The monoisotopic (exact) mass is 293 g/mol. The minimum absolute atomic E-state index is 0.0474. The maximum atomic E-state index is 13.3. The van der Waals surface area contributed by atoms with Crippen LogP contribution in [0.5, 0.6) is 0 Å². The summed E-state index contributed by atoms with van der Waals surface area (Å²) in [4.78, 5) is 12.0. The fourth-order valence-corrected chi connectivity index (χ4v) is 1.90. The average Bonchev–Trinajstić information content (AvgIpc) is 2.84. The molecular weight excluding hydrogens is 276 g/mol. The maximum absolute atomic E-state index is 13.3. The summed E-state index contributed by atoms with van der Waals surface area (Å²) in [5.41, 5.74) is 1.26. The minimum atomic E-state index is -0.931. The minimum Gasteiger partial charge on any atom is -0.348 e. The molecule has 1 N–H and O–H groups in total. The Morgan fingerprint density at radius 2 is 2.05 bits per heavy atom. The summed E-state index contributed by atoms with van der Waals surface area (Å²) in [5, 5.41) is 6.92. The normalized spacial score (nSPS) is 12.2. The van der Waals surface area contributed by atoms with Gasteiger partial charge in [-0.25, -0.2) is 8.78 Å². The fraction of sp³-hybridized carbons (Fsp3) is 0.333. The quantitative estimate of drug-likeness (QED) is 0.942. The van der Waals surface area contributed by atoms with Gasteiger partial charge in [-0.15, -0.1) is 0 Å². The van der Waals surface area contributed by atoms with Crippen molar-refractivity contribution in [2.45, 2.75) is 26.3 Å². The smallest absolute Gasteiger partial charge is 0.272 e. The molecule has 0 unspecified atom stereocenters. The first-order valence-corrected chi connectivity index (χ1v) is 6.72. The number of nitrogens with one attached hydrogen (secondary N) is 1. The van der Waals surface area contributed by atoms with Gasteiger partial charge in [-0.1, -0.05) is 6.92 Å². The molecular formula is C15H17F2N3O. The molecule has 0 aliphatic heterocycles. The molecule has 0 aliphatic rings. The van der Waals surface area contributed by atoms with Gasteiger partial charge in [0.25, 0.3) is 5.91 Å². The van der Waals surface area contributed by atoms with Gasteiger partial charge >= 0.3 is 0 Å². The van der Waals surface area contributed by atoms with Gasteiger partial charge < -0.3 is 5.32 Å². The van der Waals surface area contributed by atoms with Crippen LogP contribution < -0.4 is 5.32 Å². The van der Waals surface area contributed by atoms with E-state index in [0.717, 1.165) is 18.6 Å². The van der Waals surface area contributed by atoms with Crippen molar-refractivity contribution >= 4 is 5.91 Å². The van der Waals surface area contributed by atoms with Gasteiger partial charge in [0.1, 0.15) is 0 Å². The van der Waals surface area contributed by atoms with Crippen LogP contribution in [0.25, 0.3) is 11.3 Å². The summed E-state index contributed by atoms with van der Waals surface area (Å²) in [6.45, 7) is 3.87. The molecule has 1 aromatic carbocycles. The Bertz CT molecular complexity index is 667. The maximum Gasteiger partial charge on any atom is 0.272 e. The Morgan fingerprint density at radius 1 is 1.33 bits per heavy atom. The van der Waals surface area contributed by atoms with E-state index in [1.807, 2.05) is 13.8 Å². The molecule has 0 radical (unpaired) electrons. The topological polar surface area (TPSA) is 46.9 Å². The van der Waals surface area contributed by atoms with Crippen molar-refractivity contribution in [3.05, 3.63) is 41.6 Å². The van der Waals surface area contributed by atoms with E-state index in [4.69, 9.17) is 0 Å². The second kappa shape index (κ2) is 6.03. The zero-order valence-corrected chi connectivity index (χ0v) is 12.2. The van der Waals surface area contributed by atoms with E-state index in [2.05, 4.69) is 10.4 Å². The van der Waals surface area contributed by atoms with Gasteiger partial charge in [-0.3, -0.25) is 9.48 Å². The SMILES string of the molecule is CC[C@H](C)NC(=O)c1cc(-c2ccc(F)c(F)c2)n(C)n1.